The number of thiocarbonyl (C=S) groups is 1. The highest BCUT2D eigenvalue weighted by atomic mass is 32.1. The number of nitrogens with one attached hydrogen (secondary N) is 1. The van der Waals surface area contributed by atoms with Gasteiger partial charge in [0.15, 0.2) is 0 Å². The second-order valence-corrected chi connectivity index (χ2v) is 8.54. The van der Waals surface area contributed by atoms with Gasteiger partial charge in [0.2, 0.25) is 5.91 Å². The van der Waals surface area contributed by atoms with Gasteiger partial charge in [-0.3, -0.25) is 4.79 Å². The molecule has 0 unspecified atom stereocenters. The van der Waals surface area contributed by atoms with Crippen molar-refractivity contribution in [2.24, 2.45) is 35.3 Å². The van der Waals surface area contributed by atoms with E-state index >= 15 is 0 Å². The predicted molar refractivity (Wildman–Crippen MR) is 86.7 cm³/mol. The molecule has 0 spiro atoms. The van der Waals surface area contributed by atoms with E-state index in [0.717, 1.165) is 37.5 Å². The van der Waals surface area contributed by atoms with Gasteiger partial charge < -0.3 is 11.1 Å². The molecule has 0 atom stereocenters. The molecule has 1 amide bonds. The topological polar surface area (TPSA) is 55.1 Å². The maximum atomic E-state index is 13.0. The largest absolute Gasteiger partial charge is 0.391 e. The molecule has 5 rings (SSSR count). The molecule has 3 N–H and O–H groups in total. The van der Waals surface area contributed by atoms with Crippen LogP contribution >= 0.6 is 12.2 Å². The Hall–Kier alpha value is -0.640. The average Bonchev–Trinajstić information content (AvgIpc) is 2.87. The van der Waals surface area contributed by atoms with Gasteiger partial charge in [0, 0.05) is 5.92 Å². The lowest BCUT2D eigenvalue weighted by Gasteiger charge is -2.54. The zero-order valence-electron chi connectivity index (χ0n) is 12.6. The van der Waals surface area contributed by atoms with Gasteiger partial charge >= 0.3 is 0 Å². The number of amides is 1. The third-order valence-corrected chi connectivity index (χ3v) is 7.21. The Morgan fingerprint density at radius 1 is 1.00 bits per heavy atom. The van der Waals surface area contributed by atoms with E-state index in [-0.39, 0.29) is 17.4 Å². The third-order valence-electron chi connectivity index (χ3n) is 6.82. The summed E-state index contributed by atoms with van der Waals surface area (Å²) in [5, 5.41) is 3.31. The van der Waals surface area contributed by atoms with E-state index in [0.29, 0.717) is 16.8 Å². The highest BCUT2D eigenvalue weighted by molar-refractivity contribution is 7.80. The van der Waals surface area contributed by atoms with Gasteiger partial charge in [-0.25, -0.2) is 0 Å². The summed E-state index contributed by atoms with van der Waals surface area (Å²) in [4.78, 5) is 13.5. The van der Waals surface area contributed by atoms with Crippen molar-refractivity contribution in [1.29, 1.82) is 0 Å². The lowest BCUT2D eigenvalue weighted by Crippen LogP contribution is -2.59. The van der Waals surface area contributed by atoms with Crippen molar-refractivity contribution in [1.82, 2.24) is 5.32 Å². The van der Waals surface area contributed by atoms with E-state index in [1.165, 1.54) is 32.1 Å². The van der Waals surface area contributed by atoms with Crippen molar-refractivity contribution in [2.75, 3.05) is 0 Å². The fraction of sp³-hybridized carbons (Fsp3) is 0.882. The Kier molecular flexibility index (Phi) is 3.29. The number of hydrogen-bond acceptors (Lipinski definition) is 2. The lowest BCUT2D eigenvalue weighted by atomic mass is 9.51. The summed E-state index contributed by atoms with van der Waals surface area (Å²) in [6.07, 6.45) is 10.7. The Labute approximate surface area is 132 Å². The summed E-state index contributed by atoms with van der Waals surface area (Å²) in [5.74, 6) is 3.58. The number of carbonyl (C=O) groups is 1. The molecule has 3 nitrogen and oxygen atoms in total. The second-order valence-electron chi connectivity index (χ2n) is 8.10. The average molecular weight is 306 g/mol. The molecule has 116 valence electrons. The highest BCUT2D eigenvalue weighted by Gasteiger charge is 2.52. The van der Waals surface area contributed by atoms with Crippen LogP contribution in [0.1, 0.15) is 57.8 Å². The van der Waals surface area contributed by atoms with Crippen LogP contribution in [0.5, 0.6) is 0 Å². The standard InChI is InChI=1S/C17H26N2OS/c18-16(21)17(3-1-2-4-17)19-15(20)14-12-6-10-5-11(8-12)9-13(14)7-10/h10-14H,1-9H2,(H2,18,21)(H,19,20). The van der Waals surface area contributed by atoms with Gasteiger partial charge in [-0.1, -0.05) is 25.1 Å². The van der Waals surface area contributed by atoms with Gasteiger partial charge in [-0.05, 0) is 68.6 Å². The molecule has 4 bridgehead atoms. The van der Waals surface area contributed by atoms with E-state index in [1.807, 2.05) is 0 Å². The first kappa shape index (κ1) is 14.0. The molecule has 0 aromatic carbocycles. The van der Waals surface area contributed by atoms with Crippen molar-refractivity contribution in [3.05, 3.63) is 0 Å². The maximum absolute atomic E-state index is 13.0. The fourth-order valence-electron chi connectivity index (χ4n) is 6.08. The summed E-state index contributed by atoms with van der Waals surface area (Å²) in [6, 6.07) is 0. The molecule has 0 radical (unpaired) electrons. The minimum absolute atomic E-state index is 0.240. The zero-order valence-corrected chi connectivity index (χ0v) is 13.5. The zero-order chi connectivity index (χ0) is 14.6. The minimum Gasteiger partial charge on any atom is -0.391 e. The highest BCUT2D eigenvalue weighted by Crippen LogP contribution is 2.56. The molecule has 5 saturated carbocycles. The van der Waals surface area contributed by atoms with Crippen LogP contribution in [-0.2, 0) is 4.79 Å². The van der Waals surface area contributed by atoms with Crippen molar-refractivity contribution >= 4 is 23.1 Å². The van der Waals surface area contributed by atoms with Gasteiger partial charge in [0.25, 0.3) is 0 Å². The maximum Gasteiger partial charge on any atom is 0.224 e. The predicted octanol–water partition coefficient (Wildman–Crippen LogP) is 2.77. The number of nitrogens with two attached hydrogens (primary N) is 1. The molecule has 0 aliphatic heterocycles. The van der Waals surface area contributed by atoms with Gasteiger partial charge in [0.1, 0.15) is 0 Å². The van der Waals surface area contributed by atoms with E-state index in [9.17, 15) is 4.79 Å². The van der Waals surface area contributed by atoms with Crippen LogP contribution in [0.4, 0.5) is 0 Å². The summed E-state index contributed by atoms with van der Waals surface area (Å²) >= 11 is 5.28. The second kappa shape index (κ2) is 4.94. The van der Waals surface area contributed by atoms with Crippen molar-refractivity contribution in [2.45, 2.75) is 63.3 Å². The quantitative estimate of drug-likeness (QED) is 0.788. The molecule has 21 heavy (non-hydrogen) atoms. The van der Waals surface area contributed by atoms with E-state index in [4.69, 9.17) is 18.0 Å². The number of hydrogen-bond donors (Lipinski definition) is 2. The Morgan fingerprint density at radius 3 is 2.00 bits per heavy atom. The molecule has 0 heterocycles. The molecular weight excluding hydrogens is 280 g/mol. The van der Waals surface area contributed by atoms with Crippen LogP contribution in [-0.4, -0.2) is 16.4 Å². The summed E-state index contributed by atoms with van der Waals surface area (Å²) < 4.78 is 0. The Balaban J connectivity index is 1.51. The van der Waals surface area contributed by atoms with Gasteiger partial charge in [-0.2, -0.15) is 0 Å². The smallest absolute Gasteiger partial charge is 0.224 e. The molecule has 5 aliphatic carbocycles. The number of carbonyl (C=O) groups excluding carboxylic acids is 1. The van der Waals surface area contributed by atoms with Crippen LogP contribution in [0.25, 0.3) is 0 Å². The summed E-state index contributed by atoms with van der Waals surface area (Å²) in [6.45, 7) is 0. The number of rotatable bonds is 3. The van der Waals surface area contributed by atoms with Gasteiger partial charge in [-0.15, -0.1) is 0 Å². The van der Waals surface area contributed by atoms with E-state index < -0.39 is 0 Å². The van der Waals surface area contributed by atoms with Crippen molar-refractivity contribution < 1.29 is 4.79 Å². The van der Waals surface area contributed by atoms with E-state index in [1.54, 1.807) is 0 Å². The van der Waals surface area contributed by atoms with Crippen molar-refractivity contribution in [3.63, 3.8) is 0 Å². The Morgan fingerprint density at radius 2 is 1.52 bits per heavy atom. The molecule has 0 aromatic rings. The molecule has 5 aliphatic rings. The summed E-state index contributed by atoms with van der Waals surface area (Å²) in [5.41, 5.74) is 5.60. The van der Waals surface area contributed by atoms with Crippen LogP contribution in [0, 0.1) is 29.6 Å². The minimum atomic E-state index is -0.374. The van der Waals surface area contributed by atoms with Crippen molar-refractivity contribution in [3.8, 4) is 0 Å². The molecule has 4 heteroatoms. The summed E-state index contributed by atoms with van der Waals surface area (Å²) in [7, 11) is 0. The fourth-order valence-corrected chi connectivity index (χ4v) is 6.34. The van der Waals surface area contributed by atoms with Gasteiger partial charge in [0.05, 0.1) is 10.5 Å². The normalized spacial score (nSPS) is 43.0. The SMILES string of the molecule is NC(=S)C1(NC(=O)C2C3CC4CC(C3)CC2C4)CCCC1. The molecular formula is C17H26N2OS. The van der Waals surface area contributed by atoms with Crippen LogP contribution in [0.3, 0.4) is 0 Å². The van der Waals surface area contributed by atoms with Crippen LogP contribution in [0.15, 0.2) is 0 Å². The lowest BCUT2D eigenvalue weighted by molar-refractivity contribution is -0.139. The third kappa shape index (κ3) is 2.21. The first-order valence-electron chi connectivity index (χ1n) is 8.69. The molecule has 5 fully saturated rings. The Bertz CT molecular complexity index is 441. The monoisotopic (exact) mass is 306 g/mol. The molecule has 0 aromatic heterocycles. The molecule has 0 saturated heterocycles. The first-order valence-corrected chi connectivity index (χ1v) is 9.10. The first-order chi connectivity index (χ1) is 10.1. The van der Waals surface area contributed by atoms with E-state index in [2.05, 4.69) is 5.32 Å². The van der Waals surface area contributed by atoms with Crippen LogP contribution < -0.4 is 11.1 Å². The van der Waals surface area contributed by atoms with Crippen LogP contribution in [0.2, 0.25) is 0 Å².